The zero-order valence-electron chi connectivity index (χ0n) is 27.2. The van der Waals surface area contributed by atoms with Crippen LogP contribution in [-0.2, 0) is 5.41 Å². The summed E-state index contributed by atoms with van der Waals surface area (Å²) < 4.78 is 2.47. The Bertz CT molecular complexity index is 2800. The quantitative estimate of drug-likeness (QED) is 0.191. The van der Waals surface area contributed by atoms with Gasteiger partial charge in [0, 0.05) is 27.1 Å². The third-order valence-electron chi connectivity index (χ3n) is 11.5. The highest BCUT2D eigenvalue weighted by Gasteiger charge is 2.46. The number of para-hydroxylation sites is 2. The zero-order chi connectivity index (χ0) is 32.1. The van der Waals surface area contributed by atoms with E-state index in [2.05, 4.69) is 144 Å². The summed E-state index contributed by atoms with van der Waals surface area (Å²) in [6.07, 6.45) is 6.14. The number of nitrogens with zero attached hydrogens (tertiary/aromatic N) is 3. The summed E-state index contributed by atoms with van der Waals surface area (Å²) in [5.74, 6) is 0.874. The van der Waals surface area contributed by atoms with Crippen molar-refractivity contribution in [2.45, 2.75) is 37.5 Å². The second kappa shape index (κ2) is 10.1. The molecular formula is C46H33N3. The van der Waals surface area contributed by atoms with Crippen LogP contribution in [0.1, 0.15) is 43.2 Å². The predicted molar refractivity (Wildman–Crippen MR) is 204 cm³/mol. The van der Waals surface area contributed by atoms with Crippen molar-refractivity contribution in [1.82, 2.24) is 14.5 Å². The molecule has 11 rings (SSSR count). The molecule has 232 valence electrons. The van der Waals surface area contributed by atoms with Crippen LogP contribution in [0.5, 0.6) is 0 Å². The first-order valence-electron chi connectivity index (χ1n) is 17.7. The Balaban J connectivity index is 1.43. The molecule has 1 fully saturated rings. The minimum Gasteiger partial charge on any atom is -0.291 e. The van der Waals surface area contributed by atoms with Crippen LogP contribution < -0.4 is 0 Å². The van der Waals surface area contributed by atoms with Gasteiger partial charge in [-0.15, -0.1) is 0 Å². The lowest BCUT2D eigenvalue weighted by Crippen LogP contribution is -2.28. The van der Waals surface area contributed by atoms with Gasteiger partial charge in [0.15, 0.2) is 5.82 Å². The van der Waals surface area contributed by atoms with Gasteiger partial charge in [0.1, 0.15) is 5.69 Å². The van der Waals surface area contributed by atoms with Crippen molar-refractivity contribution < 1.29 is 0 Å². The van der Waals surface area contributed by atoms with E-state index >= 15 is 0 Å². The molecule has 2 heterocycles. The fraction of sp³-hybridized carbons (Fsp3) is 0.130. The Morgan fingerprint density at radius 1 is 0.531 bits per heavy atom. The normalized spacial score (nSPS) is 15.1. The monoisotopic (exact) mass is 627 g/mol. The van der Waals surface area contributed by atoms with Crippen LogP contribution in [0, 0.1) is 0 Å². The molecule has 0 bridgehead atoms. The molecule has 0 atom stereocenters. The van der Waals surface area contributed by atoms with Crippen molar-refractivity contribution in [1.29, 1.82) is 0 Å². The molecule has 1 saturated carbocycles. The Hall–Kier alpha value is -5.80. The van der Waals surface area contributed by atoms with Crippen molar-refractivity contribution in [2.75, 3.05) is 0 Å². The van der Waals surface area contributed by atoms with E-state index in [9.17, 15) is 0 Å². The molecule has 49 heavy (non-hydrogen) atoms. The van der Waals surface area contributed by atoms with Gasteiger partial charge < -0.3 is 0 Å². The SMILES string of the molecule is c1ccc(-c2nc3ccccc3nc2-n2c3ccc4ccccc4c3c3c4c(c5ccccc5c32)-c2ccccc2C42CCCCC2)cc1. The minimum absolute atomic E-state index is 0.0279. The molecule has 0 amide bonds. The smallest absolute Gasteiger partial charge is 0.165 e. The number of rotatable bonds is 2. The standard InChI is InChI=1S/C46H33N3/c1-3-16-30(17-4-1)43-45(48-37-24-12-11-23-36(37)47-43)49-38-26-25-29-15-5-6-18-31(29)40(38)41-42-39(32-19-7-8-20-33(32)44(41)49)34-21-9-10-22-35(34)46(42)27-13-2-14-28-46/h1,3-12,15-26H,2,13-14,27-28H2. The lowest BCUT2D eigenvalue weighted by atomic mass is 9.66. The lowest BCUT2D eigenvalue weighted by Gasteiger charge is -2.36. The Morgan fingerprint density at radius 2 is 1.20 bits per heavy atom. The molecule has 9 aromatic rings. The van der Waals surface area contributed by atoms with Crippen molar-refractivity contribution in [3.8, 4) is 28.2 Å². The van der Waals surface area contributed by atoms with Gasteiger partial charge in [-0.25, -0.2) is 9.97 Å². The van der Waals surface area contributed by atoms with Gasteiger partial charge in [-0.3, -0.25) is 4.57 Å². The number of hydrogen-bond donors (Lipinski definition) is 0. The Morgan fingerprint density at radius 3 is 2.04 bits per heavy atom. The summed E-state index contributed by atoms with van der Waals surface area (Å²) in [6.45, 7) is 0. The van der Waals surface area contributed by atoms with Crippen molar-refractivity contribution in [3.05, 3.63) is 151 Å². The van der Waals surface area contributed by atoms with E-state index in [0.29, 0.717) is 0 Å². The second-order valence-corrected chi connectivity index (χ2v) is 14.0. The summed E-state index contributed by atoms with van der Waals surface area (Å²) in [5.41, 5.74) is 12.0. The summed E-state index contributed by atoms with van der Waals surface area (Å²) in [6, 6.07) is 50.9. The first-order valence-corrected chi connectivity index (χ1v) is 17.7. The predicted octanol–water partition coefficient (Wildman–Crippen LogP) is 11.9. The highest BCUT2D eigenvalue weighted by atomic mass is 15.1. The van der Waals surface area contributed by atoms with E-state index in [1.807, 2.05) is 0 Å². The van der Waals surface area contributed by atoms with Crippen LogP contribution in [0.3, 0.4) is 0 Å². The van der Waals surface area contributed by atoms with Gasteiger partial charge >= 0.3 is 0 Å². The first kappa shape index (κ1) is 27.2. The lowest BCUT2D eigenvalue weighted by molar-refractivity contribution is 0.355. The zero-order valence-corrected chi connectivity index (χ0v) is 27.2. The maximum absolute atomic E-state index is 5.52. The second-order valence-electron chi connectivity index (χ2n) is 14.0. The van der Waals surface area contributed by atoms with Gasteiger partial charge in [-0.05, 0) is 69.5 Å². The van der Waals surface area contributed by atoms with Gasteiger partial charge in [-0.2, -0.15) is 0 Å². The molecule has 2 aliphatic carbocycles. The summed E-state index contributed by atoms with van der Waals surface area (Å²) >= 11 is 0. The third-order valence-corrected chi connectivity index (χ3v) is 11.5. The Kier molecular flexibility index (Phi) is 5.60. The van der Waals surface area contributed by atoms with Gasteiger partial charge in [0.05, 0.1) is 22.1 Å². The van der Waals surface area contributed by atoms with Crippen LogP contribution in [0.15, 0.2) is 140 Å². The van der Waals surface area contributed by atoms with Crippen LogP contribution in [0.4, 0.5) is 0 Å². The highest BCUT2D eigenvalue weighted by molar-refractivity contribution is 6.30. The first-order chi connectivity index (χ1) is 24.3. The maximum atomic E-state index is 5.52. The number of fused-ring (bicyclic) bond motifs is 15. The highest BCUT2D eigenvalue weighted by Crippen LogP contribution is 2.61. The molecule has 7 aromatic carbocycles. The molecule has 1 spiro atoms. The number of benzene rings is 7. The molecule has 0 unspecified atom stereocenters. The largest absolute Gasteiger partial charge is 0.291 e. The van der Waals surface area contributed by atoms with Crippen LogP contribution in [0.25, 0.3) is 82.6 Å². The van der Waals surface area contributed by atoms with E-state index in [1.54, 1.807) is 0 Å². The average molecular weight is 628 g/mol. The van der Waals surface area contributed by atoms with Crippen molar-refractivity contribution in [3.63, 3.8) is 0 Å². The van der Waals surface area contributed by atoms with Crippen molar-refractivity contribution >= 4 is 54.4 Å². The summed E-state index contributed by atoms with van der Waals surface area (Å²) in [5, 5.41) is 7.83. The number of aromatic nitrogens is 3. The van der Waals surface area contributed by atoms with E-state index in [0.717, 1.165) is 28.1 Å². The van der Waals surface area contributed by atoms with E-state index in [-0.39, 0.29) is 5.41 Å². The molecule has 0 aliphatic heterocycles. The third kappa shape index (κ3) is 3.62. The van der Waals surface area contributed by atoms with E-state index in [1.165, 1.54) is 97.7 Å². The molecule has 3 heteroatoms. The van der Waals surface area contributed by atoms with Crippen LogP contribution >= 0.6 is 0 Å². The molecule has 0 saturated heterocycles. The minimum atomic E-state index is -0.0279. The molecule has 0 N–H and O–H groups in total. The molecular weight excluding hydrogens is 595 g/mol. The topological polar surface area (TPSA) is 30.7 Å². The summed E-state index contributed by atoms with van der Waals surface area (Å²) in [4.78, 5) is 10.9. The van der Waals surface area contributed by atoms with Gasteiger partial charge in [0.25, 0.3) is 0 Å². The maximum Gasteiger partial charge on any atom is 0.165 e. The molecule has 2 aromatic heterocycles. The molecule has 2 aliphatic rings. The van der Waals surface area contributed by atoms with Gasteiger partial charge in [-0.1, -0.05) is 141 Å². The molecule has 3 nitrogen and oxygen atoms in total. The Labute approximate surface area is 284 Å². The summed E-state index contributed by atoms with van der Waals surface area (Å²) in [7, 11) is 0. The van der Waals surface area contributed by atoms with E-state index in [4.69, 9.17) is 9.97 Å². The van der Waals surface area contributed by atoms with Crippen molar-refractivity contribution in [2.24, 2.45) is 0 Å². The fourth-order valence-electron chi connectivity index (χ4n) is 9.57. The van der Waals surface area contributed by atoms with Crippen LogP contribution in [-0.4, -0.2) is 14.5 Å². The van der Waals surface area contributed by atoms with Crippen LogP contribution in [0.2, 0.25) is 0 Å². The van der Waals surface area contributed by atoms with Gasteiger partial charge in [0.2, 0.25) is 0 Å². The number of hydrogen-bond acceptors (Lipinski definition) is 2. The average Bonchev–Trinajstić information content (AvgIpc) is 3.66. The molecule has 0 radical (unpaired) electrons. The fourth-order valence-corrected chi connectivity index (χ4v) is 9.57. The van der Waals surface area contributed by atoms with E-state index < -0.39 is 0 Å².